The Kier molecular flexibility index (Phi) is 3.89. The fraction of sp³-hybridized carbons (Fsp3) is 0.100. The summed E-state index contributed by atoms with van der Waals surface area (Å²) in [7, 11) is 1.65. The Morgan fingerprint density at radius 1 is 1.57 bits per heavy atom. The van der Waals surface area contributed by atoms with Gasteiger partial charge in [-0.25, -0.2) is 9.97 Å². The maximum atomic E-state index is 3.95. The summed E-state index contributed by atoms with van der Waals surface area (Å²) in [6.07, 6.45) is 4.80. The molecule has 1 N–H and O–H groups in total. The molecule has 0 atom stereocenters. The zero-order valence-corrected chi connectivity index (χ0v) is 7.86. The van der Waals surface area contributed by atoms with Crippen LogP contribution in [0.3, 0.4) is 0 Å². The molecule has 0 aliphatic carbocycles. The van der Waals surface area contributed by atoms with Crippen LogP contribution in [0.1, 0.15) is 5.82 Å². The summed E-state index contributed by atoms with van der Waals surface area (Å²) in [5.74, 6) is 6.55. The molecule has 1 aromatic heterocycles. The Morgan fingerprint density at radius 3 is 2.86 bits per heavy atom. The van der Waals surface area contributed by atoms with E-state index in [9.17, 15) is 0 Å². The predicted octanol–water partition coefficient (Wildman–Crippen LogP) is 0.590. The van der Waals surface area contributed by atoms with E-state index in [-0.39, 0.29) is 0 Å². The average molecular weight is 186 g/mol. The van der Waals surface area contributed by atoms with E-state index in [1.807, 2.05) is 0 Å². The number of hydrogen-bond acceptors (Lipinski definition) is 3. The second kappa shape index (κ2) is 5.49. The lowest BCUT2D eigenvalue weighted by Crippen LogP contribution is -2.14. The third-order valence-corrected chi connectivity index (χ3v) is 1.32. The number of rotatable bonds is 1. The van der Waals surface area contributed by atoms with Crippen molar-refractivity contribution in [3.05, 3.63) is 37.1 Å². The van der Waals surface area contributed by atoms with Crippen molar-refractivity contribution >= 4 is 5.84 Å². The van der Waals surface area contributed by atoms with Crippen molar-refractivity contribution in [2.45, 2.75) is 0 Å². The monoisotopic (exact) mass is 186 g/mol. The van der Waals surface area contributed by atoms with Crippen molar-refractivity contribution in [1.82, 2.24) is 15.3 Å². The number of aromatic nitrogens is 2. The molecule has 0 bridgehead atoms. The van der Waals surface area contributed by atoms with Gasteiger partial charge in [0.2, 0.25) is 5.82 Å². The van der Waals surface area contributed by atoms with Crippen molar-refractivity contribution in [3.8, 4) is 11.8 Å². The number of hydrogen-bond donors (Lipinski definition) is 1. The molecule has 0 radical (unpaired) electrons. The van der Waals surface area contributed by atoms with Crippen molar-refractivity contribution in [2.24, 2.45) is 4.99 Å². The fourth-order valence-corrected chi connectivity index (χ4v) is 0.732. The molecule has 0 saturated heterocycles. The van der Waals surface area contributed by atoms with E-state index in [1.165, 1.54) is 6.20 Å². The summed E-state index contributed by atoms with van der Waals surface area (Å²) in [5, 5.41) is 2.79. The lowest BCUT2D eigenvalue weighted by atomic mass is 10.5. The van der Waals surface area contributed by atoms with E-state index >= 15 is 0 Å². The molecule has 14 heavy (non-hydrogen) atoms. The van der Waals surface area contributed by atoms with Gasteiger partial charge in [-0.2, -0.15) is 0 Å². The Hall–Kier alpha value is -2.15. The van der Waals surface area contributed by atoms with Crippen LogP contribution in [-0.2, 0) is 0 Å². The molecule has 70 valence electrons. The van der Waals surface area contributed by atoms with E-state index in [0.717, 1.165) is 0 Å². The molecule has 4 heteroatoms. The van der Waals surface area contributed by atoms with Crippen LogP contribution in [0.15, 0.2) is 36.2 Å². The quantitative estimate of drug-likeness (QED) is 0.397. The van der Waals surface area contributed by atoms with Crippen LogP contribution in [0.4, 0.5) is 0 Å². The Bertz CT molecular complexity index is 384. The number of nitrogens with one attached hydrogen (secondary N) is 1. The van der Waals surface area contributed by atoms with Crippen molar-refractivity contribution in [2.75, 3.05) is 7.05 Å². The third-order valence-electron chi connectivity index (χ3n) is 1.32. The molecule has 0 unspecified atom stereocenters. The third kappa shape index (κ3) is 3.07. The van der Waals surface area contributed by atoms with Crippen LogP contribution >= 0.6 is 0 Å². The van der Waals surface area contributed by atoms with Crippen LogP contribution < -0.4 is 5.32 Å². The molecule has 0 amide bonds. The van der Waals surface area contributed by atoms with Crippen LogP contribution in [-0.4, -0.2) is 22.9 Å². The molecular weight excluding hydrogens is 176 g/mol. The molecule has 0 saturated carbocycles. The molecule has 0 spiro atoms. The lowest BCUT2D eigenvalue weighted by Gasteiger charge is -1.93. The van der Waals surface area contributed by atoms with Gasteiger partial charge in [0.05, 0.1) is 0 Å². The highest BCUT2D eigenvalue weighted by Crippen LogP contribution is 1.82. The first kappa shape index (κ1) is 9.93. The topological polar surface area (TPSA) is 50.2 Å². The number of aliphatic imine (C=N–C) groups is 1. The fourth-order valence-electron chi connectivity index (χ4n) is 0.732. The van der Waals surface area contributed by atoms with Crippen LogP contribution in [0.25, 0.3) is 0 Å². The Labute approximate surface area is 82.8 Å². The minimum atomic E-state index is 0.472. The van der Waals surface area contributed by atoms with E-state index in [0.29, 0.717) is 11.7 Å². The van der Waals surface area contributed by atoms with Gasteiger partial charge < -0.3 is 5.32 Å². The molecule has 1 heterocycles. The highest BCUT2D eigenvalue weighted by molar-refractivity contribution is 5.99. The molecule has 0 fully saturated rings. The van der Waals surface area contributed by atoms with Crippen molar-refractivity contribution in [1.29, 1.82) is 0 Å². The molecule has 1 rings (SSSR count). The number of amidine groups is 1. The zero-order chi connectivity index (χ0) is 10.2. The summed E-state index contributed by atoms with van der Waals surface area (Å²) in [4.78, 5) is 11.8. The molecule has 0 aliphatic heterocycles. The molecule has 1 aromatic rings. The van der Waals surface area contributed by atoms with E-state index in [1.54, 1.807) is 25.5 Å². The van der Waals surface area contributed by atoms with E-state index in [2.05, 4.69) is 38.7 Å². The highest BCUT2D eigenvalue weighted by Gasteiger charge is 1.88. The summed E-state index contributed by atoms with van der Waals surface area (Å²) in [5.41, 5.74) is 0. The van der Waals surface area contributed by atoms with Gasteiger partial charge >= 0.3 is 0 Å². The minimum absolute atomic E-state index is 0.472. The van der Waals surface area contributed by atoms with Crippen LogP contribution in [0.5, 0.6) is 0 Å². The highest BCUT2D eigenvalue weighted by atomic mass is 14.9. The first-order valence-corrected chi connectivity index (χ1v) is 4.00. The van der Waals surface area contributed by atoms with Crippen LogP contribution in [0, 0.1) is 11.8 Å². The smallest absolute Gasteiger partial charge is 0.205 e. The molecular formula is C10H10N4. The van der Waals surface area contributed by atoms with Gasteiger partial charge in [-0.1, -0.05) is 6.58 Å². The van der Waals surface area contributed by atoms with Gasteiger partial charge in [0.1, 0.15) is 0 Å². The zero-order valence-electron chi connectivity index (χ0n) is 7.86. The summed E-state index contributed by atoms with van der Waals surface area (Å²) in [6.45, 7) is 3.51. The second-order valence-electron chi connectivity index (χ2n) is 2.24. The average Bonchev–Trinajstić information content (AvgIpc) is 2.25. The first-order chi connectivity index (χ1) is 6.86. The molecule has 0 aliphatic rings. The molecule has 4 nitrogen and oxygen atoms in total. The maximum absolute atomic E-state index is 3.95. The van der Waals surface area contributed by atoms with Gasteiger partial charge in [-0.05, 0) is 24.1 Å². The van der Waals surface area contributed by atoms with Gasteiger partial charge in [0.25, 0.3) is 0 Å². The minimum Gasteiger partial charge on any atom is -0.340 e. The first-order valence-electron chi connectivity index (χ1n) is 4.00. The van der Waals surface area contributed by atoms with E-state index in [4.69, 9.17) is 0 Å². The van der Waals surface area contributed by atoms with Gasteiger partial charge in [0.15, 0.2) is 5.84 Å². The van der Waals surface area contributed by atoms with E-state index < -0.39 is 0 Å². The van der Waals surface area contributed by atoms with Crippen molar-refractivity contribution < 1.29 is 0 Å². The Morgan fingerprint density at radius 2 is 2.29 bits per heavy atom. The summed E-state index contributed by atoms with van der Waals surface area (Å²) >= 11 is 0. The standard InChI is InChI=1S/C10H10N4/c1-3-12-9(11-2)5-6-10-13-7-4-8-14-10/h3-4,7-8H,1H2,2H3,(H,11,12). The molecule has 0 aromatic carbocycles. The predicted molar refractivity (Wildman–Crippen MR) is 55.6 cm³/mol. The van der Waals surface area contributed by atoms with Gasteiger partial charge in [-0.3, -0.25) is 4.99 Å². The number of nitrogens with zero attached hydrogens (tertiary/aromatic N) is 3. The van der Waals surface area contributed by atoms with Gasteiger partial charge in [-0.15, -0.1) is 0 Å². The summed E-state index contributed by atoms with van der Waals surface area (Å²) in [6, 6.07) is 1.74. The van der Waals surface area contributed by atoms with Crippen LogP contribution in [0.2, 0.25) is 0 Å². The largest absolute Gasteiger partial charge is 0.340 e. The second-order valence-corrected chi connectivity index (χ2v) is 2.24. The van der Waals surface area contributed by atoms with Crippen molar-refractivity contribution in [3.63, 3.8) is 0 Å². The Balaban J connectivity index is 2.77. The SMILES string of the molecule is C=CNC(C#Cc1ncccn1)=NC. The maximum Gasteiger partial charge on any atom is 0.205 e. The summed E-state index contributed by atoms with van der Waals surface area (Å²) < 4.78 is 0. The lowest BCUT2D eigenvalue weighted by molar-refractivity contribution is 1.13. The van der Waals surface area contributed by atoms with Gasteiger partial charge in [0, 0.05) is 19.4 Å². The normalized spacial score (nSPS) is 9.93.